The largest absolute Gasteiger partial charge is 0.508 e. The van der Waals surface area contributed by atoms with Crippen LogP contribution in [0.1, 0.15) is 22.8 Å². The van der Waals surface area contributed by atoms with Gasteiger partial charge >= 0.3 is 0 Å². The topological polar surface area (TPSA) is 69.6 Å². The maximum absolute atomic E-state index is 12.2. The molecular formula is C17H19NO3. The fraction of sp³-hybridized carbons (Fsp3) is 0.235. The number of Topliss-reactive ketones (excluding diaryl/α,β-unsaturated/α-hetero) is 1. The number of carbonyl (C=O) groups excluding carboxylic acids is 1. The van der Waals surface area contributed by atoms with Gasteiger partial charge in [0.15, 0.2) is 5.78 Å². The van der Waals surface area contributed by atoms with Crippen molar-refractivity contribution in [3.05, 3.63) is 59.7 Å². The van der Waals surface area contributed by atoms with Crippen LogP contribution in [-0.4, -0.2) is 28.6 Å². The molecule has 0 aliphatic rings. The molecule has 0 unspecified atom stereocenters. The predicted octanol–water partition coefficient (Wildman–Crippen LogP) is 2.50. The van der Waals surface area contributed by atoms with Crippen LogP contribution >= 0.6 is 0 Å². The van der Waals surface area contributed by atoms with Crippen LogP contribution < -0.4 is 5.32 Å². The Morgan fingerprint density at radius 3 is 2.10 bits per heavy atom. The van der Waals surface area contributed by atoms with Gasteiger partial charge in [0.2, 0.25) is 0 Å². The molecule has 0 spiro atoms. The lowest BCUT2D eigenvalue weighted by atomic mass is 10.0. The second-order valence-corrected chi connectivity index (χ2v) is 5.00. The Morgan fingerprint density at radius 1 is 1.00 bits per heavy atom. The van der Waals surface area contributed by atoms with Gasteiger partial charge in [-0.15, -0.1) is 0 Å². The Bertz CT molecular complexity index is 590. The molecule has 4 heteroatoms. The van der Waals surface area contributed by atoms with Crippen LogP contribution in [0.5, 0.6) is 11.5 Å². The summed E-state index contributed by atoms with van der Waals surface area (Å²) in [5, 5.41) is 21.6. The summed E-state index contributed by atoms with van der Waals surface area (Å²) in [5.74, 6) is 0.405. The van der Waals surface area contributed by atoms with Crippen LogP contribution in [0.25, 0.3) is 0 Å². The smallest absolute Gasteiger partial charge is 0.179 e. The van der Waals surface area contributed by atoms with Gasteiger partial charge < -0.3 is 15.5 Å². The molecule has 0 saturated heterocycles. The number of nitrogens with one attached hydrogen (secondary N) is 1. The summed E-state index contributed by atoms with van der Waals surface area (Å²) < 4.78 is 0. The zero-order valence-corrected chi connectivity index (χ0v) is 11.9. The van der Waals surface area contributed by atoms with Crippen LogP contribution in [-0.2, 0) is 6.42 Å². The fourth-order valence-electron chi connectivity index (χ4n) is 2.06. The zero-order chi connectivity index (χ0) is 15.2. The molecule has 0 radical (unpaired) electrons. The van der Waals surface area contributed by atoms with E-state index in [0.717, 1.165) is 12.0 Å². The summed E-state index contributed by atoms with van der Waals surface area (Å²) in [6, 6.07) is 13.0. The van der Waals surface area contributed by atoms with E-state index < -0.39 is 0 Å². The first kappa shape index (κ1) is 15.1. The van der Waals surface area contributed by atoms with E-state index in [1.807, 2.05) is 19.1 Å². The summed E-state index contributed by atoms with van der Waals surface area (Å²) in [6.45, 7) is 2.50. The van der Waals surface area contributed by atoms with Crippen LogP contribution in [0.15, 0.2) is 48.5 Å². The van der Waals surface area contributed by atoms with Crippen molar-refractivity contribution in [2.75, 3.05) is 6.54 Å². The molecular weight excluding hydrogens is 266 g/mol. The summed E-state index contributed by atoms with van der Waals surface area (Å²) in [7, 11) is 0. The van der Waals surface area contributed by atoms with Crippen molar-refractivity contribution >= 4 is 5.78 Å². The Morgan fingerprint density at radius 2 is 1.52 bits per heavy atom. The predicted molar refractivity (Wildman–Crippen MR) is 81.7 cm³/mol. The Kier molecular flexibility index (Phi) is 4.95. The third-order valence-corrected chi connectivity index (χ3v) is 3.35. The number of phenolic OH excluding ortho intramolecular Hbond substituents is 2. The normalized spacial score (nSPS) is 12.0. The number of hydrogen-bond acceptors (Lipinski definition) is 4. The van der Waals surface area contributed by atoms with Crippen LogP contribution in [0.2, 0.25) is 0 Å². The van der Waals surface area contributed by atoms with Crippen molar-refractivity contribution in [3.63, 3.8) is 0 Å². The van der Waals surface area contributed by atoms with Crippen molar-refractivity contribution in [3.8, 4) is 11.5 Å². The molecule has 0 heterocycles. The first-order valence-corrected chi connectivity index (χ1v) is 6.91. The summed E-state index contributed by atoms with van der Waals surface area (Å²) in [6.07, 6.45) is 0.785. The van der Waals surface area contributed by atoms with Crippen LogP contribution in [0.3, 0.4) is 0 Å². The van der Waals surface area contributed by atoms with Crippen molar-refractivity contribution in [1.29, 1.82) is 0 Å². The third-order valence-electron chi connectivity index (χ3n) is 3.35. The van der Waals surface area contributed by atoms with Gasteiger partial charge in [0, 0.05) is 5.56 Å². The lowest BCUT2D eigenvalue weighted by molar-refractivity contribution is 0.0951. The highest BCUT2D eigenvalue weighted by molar-refractivity contribution is 5.99. The van der Waals surface area contributed by atoms with Gasteiger partial charge in [-0.3, -0.25) is 4.79 Å². The van der Waals surface area contributed by atoms with E-state index in [9.17, 15) is 15.0 Å². The number of aromatic hydroxyl groups is 2. The van der Waals surface area contributed by atoms with E-state index >= 15 is 0 Å². The van der Waals surface area contributed by atoms with Gasteiger partial charge in [0.1, 0.15) is 11.5 Å². The number of phenols is 2. The van der Waals surface area contributed by atoms with Gasteiger partial charge in [-0.2, -0.15) is 0 Å². The fourth-order valence-corrected chi connectivity index (χ4v) is 2.06. The van der Waals surface area contributed by atoms with Gasteiger partial charge in [-0.05, 0) is 61.9 Å². The number of benzene rings is 2. The monoisotopic (exact) mass is 285 g/mol. The first-order valence-electron chi connectivity index (χ1n) is 6.91. The molecule has 2 rings (SSSR count). The molecule has 2 aromatic carbocycles. The van der Waals surface area contributed by atoms with Crippen LogP contribution in [0.4, 0.5) is 0 Å². The highest BCUT2D eigenvalue weighted by atomic mass is 16.3. The lowest BCUT2D eigenvalue weighted by Gasteiger charge is -2.13. The third kappa shape index (κ3) is 4.33. The van der Waals surface area contributed by atoms with Gasteiger partial charge in [-0.25, -0.2) is 0 Å². The highest BCUT2D eigenvalue weighted by Gasteiger charge is 2.14. The molecule has 4 nitrogen and oxygen atoms in total. The number of ketones is 1. The molecule has 0 aliphatic heterocycles. The average molecular weight is 285 g/mol. The van der Waals surface area contributed by atoms with E-state index in [0.29, 0.717) is 12.1 Å². The first-order chi connectivity index (χ1) is 10.1. The zero-order valence-electron chi connectivity index (χ0n) is 11.9. The minimum absolute atomic E-state index is 0.000654. The van der Waals surface area contributed by atoms with E-state index in [1.54, 1.807) is 24.3 Å². The lowest BCUT2D eigenvalue weighted by Crippen LogP contribution is -2.35. The Balaban J connectivity index is 1.83. The Labute approximate surface area is 124 Å². The average Bonchev–Trinajstić information content (AvgIpc) is 2.49. The number of rotatable bonds is 6. The minimum atomic E-state index is -0.286. The molecule has 0 aliphatic carbocycles. The minimum Gasteiger partial charge on any atom is -0.508 e. The molecule has 3 N–H and O–H groups in total. The molecule has 0 saturated carbocycles. The molecule has 1 atom stereocenters. The molecule has 21 heavy (non-hydrogen) atoms. The maximum Gasteiger partial charge on any atom is 0.179 e. The highest BCUT2D eigenvalue weighted by Crippen LogP contribution is 2.12. The second-order valence-electron chi connectivity index (χ2n) is 5.00. The molecule has 110 valence electrons. The number of carbonyl (C=O) groups is 1. The molecule has 0 fully saturated rings. The van der Waals surface area contributed by atoms with Gasteiger partial charge in [-0.1, -0.05) is 12.1 Å². The van der Waals surface area contributed by atoms with Crippen molar-refractivity contribution in [1.82, 2.24) is 5.32 Å². The van der Waals surface area contributed by atoms with E-state index in [4.69, 9.17) is 0 Å². The van der Waals surface area contributed by atoms with Crippen LogP contribution in [0, 0.1) is 0 Å². The van der Waals surface area contributed by atoms with Crippen molar-refractivity contribution in [2.45, 2.75) is 19.4 Å². The number of hydrogen-bond donors (Lipinski definition) is 3. The summed E-state index contributed by atoms with van der Waals surface area (Å²) in [4.78, 5) is 12.2. The quantitative estimate of drug-likeness (QED) is 0.713. The van der Waals surface area contributed by atoms with Crippen molar-refractivity contribution < 1.29 is 15.0 Å². The second kappa shape index (κ2) is 6.90. The molecule has 2 aromatic rings. The Hall–Kier alpha value is -2.33. The standard InChI is InChI=1S/C17H19NO3/c1-12(17(21)14-4-8-16(20)9-5-14)18-11-10-13-2-6-15(19)7-3-13/h2-9,12,18-20H,10-11H2,1H3/t12-/m0/s1. The van der Waals surface area contributed by atoms with E-state index in [2.05, 4.69) is 5.32 Å². The van der Waals surface area contributed by atoms with E-state index in [-0.39, 0.29) is 23.3 Å². The van der Waals surface area contributed by atoms with E-state index in [1.165, 1.54) is 12.1 Å². The SMILES string of the molecule is C[C@H](NCCc1ccc(O)cc1)C(=O)c1ccc(O)cc1. The molecule has 0 amide bonds. The van der Waals surface area contributed by atoms with Gasteiger partial charge in [0.05, 0.1) is 6.04 Å². The van der Waals surface area contributed by atoms with Crippen molar-refractivity contribution in [2.24, 2.45) is 0 Å². The molecule has 0 aromatic heterocycles. The maximum atomic E-state index is 12.2. The van der Waals surface area contributed by atoms with Gasteiger partial charge in [0.25, 0.3) is 0 Å². The summed E-state index contributed by atoms with van der Waals surface area (Å²) in [5.41, 5.74) is 1.68. The summed E-state index contributed by atoms with van der Waals surface area (Å²) >= 11 is 0. The molecule has 0 bridgehead atoms.